The lowest BCUT2D eigenvalue weighted by atomic mass is 10.1. The molecule has 122 valence electrons. The minimum atomic E-state index is 0.0691. The molecule has 1 amide bonds. The number of rotatable bonds is 8. The summed E-state index contributed by atoms with van der Waals surface area (Å²) in [6, 6.07) is 7.63. The molecule has 1 heterocycles. The Balaban J connectivity index is 1.57. The van der Waals surface area contributed by atoms with Crippen LogP contribution < -0.4 is 10.1 Å². The first-order valence-electron chi connectivity index (χ1n) is 7.97. The van der Waals surface area contributed by atoms with Crippen LogP contribution in [0.2, 0.25) is 0 Å². The van der Waals surface area contributed by atoms with Gasteiger partial charge in [0, 0.05) is 19.6 Å². The van der Waals surface area contributed by atoms with Crippen molar-refractivity contribution in [2.45, 2.75) is 19.3 Å². The molecule has 0 spiro atoms. The second kappa shape index (κ2) is 9.43. The van der Waals surface area contributed by atoms with Crippen LogP contribution in [0.25, 0.3) is 0 Å². The molecule has 1 aromatic rings. The molecule has 1 N–H and O–H groups in total. The molecule has 2 rings (SSSR count). The van der Waals surface area contributed by atoms with E-state index < -0.39 is 0 Å². The van der Waals surface area contributed by atoms with Crippen LogP contribution in [-0.2, 0) is 16.0 Å². The van der Waals surface area contributed by atoms with E-state index in [4.69, 9.17) is 9.47 Å². The molecule has 1 aliphatic rings. The van der Waals surface area contributed by atoms with Crippen molar-refractivity contribution in [1.29, 1.82) is 0 Å². The molecular weight excluding hydrogens is 280 g/mol. The third kappa shape index (κ3) is 6.03. The Labute approximate surface area is 132 Å². The van der Waals surface area contributed by atoms with E-state index in [9.17, 15) is 4.79 Å². The zero-order valence-corrected chi connectivity index (χ0v) is 13.3. The lowest BCUT2D eigenvalue weighted by Crippen LogP contribution is -2.37. The molecule has 1 aromatic carbocycles. The van der Waals surface area contributed by atoms with Gasteiger partial charge >= 0.3 is 0 Å². The van der Waals surface area contributed by atoms with Crippen LogP contribution in [0.4, 0.5) is 0 Å². The van der Waals surface area contributed by atoms with Crippen LogP contribution in [0, 0.1) is 0 Å². The first-order chi connectivity index (χ1) is 10.8. The van der Waals surface area contributed by atoms with Crippen molar-refractivity contribution in [3.63, 3.8) is 0 Å². The topological polar surface area (TPSA) is 50.8 Å². The first kappa shape index (κ1) is 16.8. The van der Waals surface area contributed by atoms with Crippen molar-refractivity contribution in [2.75, 3.05) is 46.5 Å². The van der Waals surface area contributed by atoms with Gasteiger partial charge < -0.3 is 14.8 Å². The second-order valence-electron chi connectivity index (χ2n) is 5.54. The quantitative estimate of drug-likeness (QED) is 0.739. The summed E-state index contributed by atoms with van der Waals surface area (Å²) in [4.78, 5) is 14.3. The van der Waals surface area contributed by atoms with Crippen molar-refractivity contribution in [3.8, 4) is 5.75 Å². The van der Waals surface area contributed by atoms with Crippen molar-refractivity contribution in [3.05, 3.63) is 29.8 Å². The van der Waals surface area contributed by atoms with Crippen LogP contribution >= 0.6 is 0 Å². The van der Waals surface area contributed by atoms with Gasteiger partial charge in [0.2, 0.25) is 5.91 Å². The molecule has 1 aliphatic heterocycles. The molecule has 22 heavy (non-hydrogen) atoms. The maximum atomic E-state index is 11.9. The molecule has 0 unspecified atom stereocenters. The van der Waals surface area contributed by atoms with Gasteiger partial charge in [-0.1, -0.05) is 12.1 Å². The van der Waals surface area contributed by atoms with Crippen LogP contribution in [0.3, 0.4) is 0 Å². The third-order valence-corrected chi connectivity index (χ3v) is 3.83. The number of carbonyl (C=O) groups is 1. The van der Waals surface area contributed by atoms with E-state index in [2.05, 4.69) is 10.2 Å². The van der Waals surface area contributed by atoms with Gasteiger partial charge in [-0.3, -0.25) is 9.69 Å². The molecule has 0 aliphatic carbocycles. The molecule has 0 radical (unpaired) electrons. The lowest BCUT2D eigenvalue weighted by Gasteiger charge is -2.26. The molecule has 1 fully saturated rings. The fraction of sp³-hybridized carbons (Fsp3) is 0.588. The molecule has 0 aromatic heterocycles. The summed E-state index contributed by atoms with van der Waals surface area (Å²) < 4.78 is 10.5. The molecule has 1 saturated heterocycles. The number of methoxy groups -OCH3 is 1. The SMILES string of the molecule is COc1cccc(CC(=O)NCCCCN2CCOCC2)c1. The Kier molecular flexibility index (Phi) is 7.19. The molecular formula is C17H26N2O3. The Bertz CT molecular complexity index is 459. The Hall–Kier alpha value is -1.59. The zero-order valence-electron chi connectivity index (χ0n) is 13.3. The minimum Gasteiger partial charge on any atom is -0.497 e. The molecule has 0 atom stereocenters. The minimum absolute atomic E-state index is 0.0691. The normalized spacial score (nSPS) is 15.5. The monoisotopic (exact) mass is 306 g/mol. The Morgan fingerprint density at radius 3 is 2.91 bits per heavy atom. The summed E-state index contributed by atoms with van der Waals surface area (Å²) in [5.74, 6) is 0.857. The number of nitrogens with one attached hydrogen (secondary N) is 1. The van der Waals surface area contributed by atoms with Crippen molar-refractivity contribution in [2.24, 2.45) is 0 Å². The van der Waals surface area contributed by atoms with Crippen molar-refractivity contribution < 1.29 is 14.3 Å². The third-order valence-electron chi connectivity index (χ3n) is 3.83. The predicted molar refractivity (Wildman–Crippen MR) is 86.2 cm³/mol. The van der Waals surface area contributed by atoms with E-state index in [1.807, 2.05) is 24.3 Å². The molecule has 0 bridgehead atoms. The second-order valence-corrected chi connectivity index (χ2v) is 5.54. The van der Waals surface area contributed by atoms with Gasteiger partial charge in [0.05, 0.1) is 26.7 Å². The van der Waals surface area contributed by atoms with E-state index in [1.54, 1.807) is 7.11 Å². The fourth-order valence-electron chi connectivity index (χ4n) is 2.54. The number of hydrogen-bond acceptors (Lipinski definition) is 4. The number of nitrogens with zero attached hydrogens (tertiary/aromatic N) is 1. The highest BCUT2D eigenvalue weighted by atomic mass is 16.5. The molecule has 5 nitrogen and oxygen atoms in total. The van der Waals surface area contributed by atoms with Gasteiger partial charge in [0.25, 0.3) is 0 Å². The highest BCUT2D eigenvalue weighted by Gasteiger charge is 2.09. The average Bonchev–Trinajstić information content (AvgIpc) is 2.55. The maximum absolute atomic E-state index is 11.9. The summed E-state index contributed by atoms with van der Waals surface area (Å²) in [5.41, 5.74) is 0.977. The highest BCUT2D eigenvalue weighted by Crippen LogP contribution is 2.12. The number of hydrogen-bond donors (Lipinski definition) is 1. The summed E-state index contributed by atoms with van der Waals surface area (Å²) in [6.07, 6.45) is 2.53. The van der Waals surface area contributed by atoms with Gasteiger partial charge in [0.15, 0.2) is 0 Å². The van der Waals surface area contributed by atoms with Gasteiger partial charge in [-0.2, -0.15) is 0 Å². The van der Waals surface area contributed by atoms with Crippen LogP contribution in [-0.4, -0.2) is 57.3 Å². The van der Waals surface area contributed by atoms with Crippen LogP contribution in [0.1, 0.15) is 18.4 Å². The summed E-state index contributed by atoms with van der Waals surface area (Å²) in [5, 5.41) is 2.98. The van der Waals surface area contributed by atoms with Crippen LogP contribution in [0.5, 0.6) is 5.75 Å². The summed E-state index contributed by atoms with van der Waals surface area (Å²) in [6.45, 7) is 5.58. The van der Waals surface area contributed by atoms with Crippen molar-refractivity contribution >= 4 is 5.91 Å². The smallest absolute Gasteiger partial charge is 0.224 e. The summed E-state index contributed by atoms with van der Waals surface area (Å²) >= 11 is 0. The van der Waals surface area contributed by atoms with Crippen molar-refractivity contribution in [1.82, 2.24) is 10.2 Å². The number of ether oxygens (including phenoxy) is 2. The maximum Gasteiger partial charge on any atom is 0.224 e. The van der Waals surface area contributed by atoms with E-state index in [1.165, 1.54) is 0 Å². The van der Waals surface area contributed by atoms with Gasteiger partial charge in [-0.15, -0.1) is 0 Å². The largest absolute Gasteiger partial charge is 0.497 e. The van der Waals surface area contributed by atoms with Crippen LogP contribution in [0.15, 0.2) is 24.3 Å². The van der Waals surface area contributed by atoms with E-state index in [0.29, 0.717) is 6.42 Å². The Morgan fingerprint density at radius 1 is 1.32 bits per heavy atom. The standard InChI is InChI=1S/C17H26N2O3/c1-21-16-6-4-5-15(13-16)14-17(20)18-7-2-3-8-19-9-11-22-12-10-19/h4-6,13H,2-3,7-12,14H2,1H3,(H,18,20). The van der Waals surface area contributed by atoms with Gasteiger partial charge in [0.1, 0.15) is 5.75 Å². The number of morpholine rings is 1. The predicted octanol–water partition coefficient (Wildman–Crippen LogP) is 1.47. The first-order valence-corrected chi connectivity index (χ1v) is 7.97. The molecule has 5 heteroatoms. The van der Waals surface area contributed by atoms with Gasteiger partial charge in [-0.25, -0.2) is 0 Å². The highest BCUT2D eigenvalue weighted by molar-refractivity contribution is 5.78. The fourth-order valence-corrected chi connectivity index (χ4v) is 2.54. The Morgan fingerprint density at radius 2 is 2.14 bits per heavy atom. The molecule has 0 saturated carbocycles. The van der Waals surface area contributed by atoms with E-state index in [-0.39, 0.29) is 5.91 Å². The number of benzene rings is 1. The number of amides is 1. The lowest BCUT2D eigenvalue weighted by molar-refractivity contribution is -0.120. The number of unbranched alkanes of at least 4 members (excludes halogenated alkanes) is 1. The number of carbonyl (C=O) groups excluding carboxylic acids is 1. The van der Waals surface area contributed by atoms with Gasteiger partial charge in [-0.05, 0) is 37.1 Å². The summed E-state index contributed by atoms with van der Waals surface area (Å²) in [7, 11) is 1.63. The average molecular weight is 306 g/mol. The van der Waals surface area contributed by atoms with E-state index in [0.717, 1.165) is 63.5 Å². The zero-order chi connectivity index (χ0) is 15.6. The van der Waals surface area contributed by atoms with E-state index >= 15 is 0 Å².